The van der Waals surface area contributed by atoms with Gasteiger partial charge in [0.25, 0.3) is 0 Å². The van der Waals surface area contributed by atoms with Crippen LogP contribution >= 0.6 is 0 Å². The van der Waals surface area contributed by atoms with Crippen molar-refractivity contribution in [2.75, 3.05) is 0 Å². The number of fused-ring (bicyclic) bond motifs is 5. The highest BCUT2D eigenvalue weighted by Gasteiger charge is 2.57. The van der Waals surface area contributed by atoms with Crippen molar-refractivity contribution in [1.29, 1.82) is 0 Å². The van der Waals surface area contributed by atoms with Crippen molar-refractivity contribution in [2.24, 2.45) is 23.7 Å². The molecule has 6 nitrogen and oxygen atoms in total. The summed E-state index contributed by atoms with van der Waals surface area (Å²) < 4.78 is 8.69. The molecule has 4 rings (SSSR count). The molecule has 0 radical (unpaired) electrons. The van der Waals surface area contributed by atoms with Crippen molar-refractivity contribution in [3.63, 3.8) is 0 Å². The minimum atomic E-state index is -0.562. The maximum Gasteiger partial charge on any atom is 0.341 e. The third-order valence-corrected chi connectivity index (χ3v) is 4.05. The molecule has 2 aliphatic heterocycles. The van der Waals surface area contributed by atoms with Crippen molar-refractivity contribution in [3.05, 3.63) is 23.8 Å². The number of carbonyl (C=O) groups excluding carboxylic acids is 4. The second-order valence-electron chi connectivity index (χ2n) is 5.28. The summed E-state index contributed by atoms with van der Waals surface area (Å²) in [6.07, 6.45) is 6.23. The van der Waals surface area contributed by atoms with E-state index in [0.29, 0.717) is 5.57 Å². The molecule has 0 spiro atoms. The zero-order valence-electron chi connectivity index (χ0n) is 10.7. The van der Waals surface area contributed by atoms with Crippen LogP contribution in [0.15, 0.2) is 23.8 Å². The predicted molar refractivity (Wildman–Crippen MR) is 63.7 cm³/mol. The van der Waals surface area contributed by atoms with E-state index in [1.807, 2.05) is 12.2 Å². The van der Waals surface area contributed by atoms with Crippen molar-refractivity contribution in [2.45, 2.75) is 13.3 Å². The quantitative estimate of drug-likeness (QED) is 0.364. The van der Waals surface area contributed by atoms with Crippen molar-refractivity contribution < 1.29 is 28.7 Å². The Morgan fingerprint density at radius 3 is 1.85 bits per heavy atom. The molecule has 2 heterocycles. The fraction of sp³-hybridized carbons (Fsp3) is 0.429. The first kappa shape index (κ1) is 12.8. The van der Waals surface area contributed by atoms with Crippen LogP contribution in [0.1, 0.15) is 13.3 Å². The molecule has 20 heavy (non-hydrogen) atoms. The Morgan fingerprint density at radius 1 is 0.950 bits per heavy atom. The van der Waals surface area contributed by atoms with E-state index in [1.165, 1.54) is 13.0 Å². The van der Waals surface area contributed by atoms with E-state index in [-0.39, 0.29) is 35.6 Å². The molecule has 0 aromatic heterocycles. The molecule has 6 heteroatoms. The molecule has 0 amide bonds. The molecular formula is C14H12O6. The highest BCUT2D eigenvalue weighted by Crippen LogP contribution is 2.51. The molecule has 0 N–H and O–H groups in total. The number of allylic oxidation sites excluding steroid dienone is 2. The molecule has 1 saturated carbocycles. The fourth-order valence-corrected chi connectivity index (χ4v) is 3.14. The smallest absolute Gasteiger partial charge is 0.341 e. The molecule has 4 aliphatic rings. The Kier molecular flexibility index (Phi) is 2.81. The maximum atomic E-state index is 11.2. The normalized spacial score (nSPS) is 36.4. The third kappa shape index (κ3) is 1.88. The molecule has 2 bridgehead atoms. The summed E-state index contributed by atoms with van der Waals surface area (Å²) in [5, 5.41) is 0. The van der Waals surface area contributed by atoms with E-state index >= 15 is 0 Å². The molecular weight excluding hydrogens is 264 g/mol. The van der Waals surface area contributed by atoms with Gasteiger partial charge in [-0.15, -0.1) is 0 Å². The van der Waals surface area contributed by atoms with Gasteiger partial charge in [0.2, 0.25) is 0 Å². The topological polar surface area (TPSA) is 86.7 Å². The van der Waals surface area contributed by atoms with Crippen LogP contribution in [0.25, 0.3) is 0 Å². The Bertz CT molecular complexity index is 556. The average molecular weight is 276 g/mol. The molecule has 0 aromatic rings. The number of rotatable bonds is 0. The van der Waals surface area contributed by atoms with Gasteiger partial charge in [0.05, 0.1) is 11.8 Å². The van der Waals surface area contributed by atoms with Gasteiger partial charge in [-0.05, 0) is 25.2 Å². The maximum absolute atomic E-state index is 11.2. The van der Waals surface area contributed by atoms with Crippen molar-refractivity contribution in [3.8, 4) is 0 Å². The third-order valence-electron chi connectivity index (χ3n) is 4.05. The molecule has 4 unspecified atom stereocenters. The van der Waals surface area contributed by atoms with Crippen molar-refractivity contribution >= 4 is 23.9 Å². The van der Waals surface area contributed by atoms with Crippen LogP contribution in [0.2, 0.25) is 0 Å². The summed E-state index contributed by atoms with van der Waals surface area (Å²) in [6, 6.07) is 0. The van der Waals surface area contributed by atoms with Gasteiger partial charge in [-0.3, -0.25) is 9.59 Å². The monoisotopic (exact) mass is 276 g/mol. The van der Waals surface area contributed by atoms with Crippen LogP contribution in [0.4, 0.5) is 0 Å². The highest BCUT2D eigenvalue weighted by atomic mass is 16.6. The van der Waals surface area contributed by atoms with E-state index in [1.54, 1.807) is 0 Å². The molecule has 104 valence electrons. The van der Waals surface area contributed by atoms with Crippen LogP contribution in [0, 0.1) is 23.7 Å². The van der Waals surface area contributed by atoms with Crippen LogP contribution < -0.4 is 0 Å². The highest BCUT2D eigenvalue weighted by molar-refractivity contribution is 6.08. The van der Waals surface area contributed by atoms with Gasteiger partial charge in [-0.1, -0.05) is 12.2 Å². The first-order valence-electron chi connectivity index (χ1n) is 6.35. The van der Waals surface area contributed by atoms with Gasteiger partial charge in [0.15, 0.2) is 0 Å². The van der Waals surface area contributed by atoms with Crippen LogP contribution in [-0.4, -0.2) is 23.9 Å². The van der Waals surface area contributed by atoms with Crippen molar-refractivity contribution in [1.82, 2.24) is 0 Å². The van der Waals surface area contributed by atoms with Crippen LogP contribution in [-0.2, 0) is 28.7 Å². The number of esters is 4. The molecule has 2 aliphatic carbocycles. The van der Waals surface area contributed by atoms with E-state index in [4.69, 9.17) is 0 Å². The van der Waals surface area contributed by atoms with Gasteiger partial charge >= 0.3 is 23.9 Å². The first-order valence-corrected chi connectivity index (χ1v) is 6.35. The summed E-state index contributed by atoms with van der Waals surface area (Å²) in [4.78, 5) is 42.8. The number of hydrogen-bond acceptors (Lipinski definition) is 6. The van der Waals surface area contributed by atoms with Crippen LogP contribution in [0.3, 0.4) is 0 Å². The summed E-state index contributed by atoms with van der Waals surface area (Å²) in [5.41, 5.74) is 0.370. The number of hydrogen-bond donors (Lipinski definition) is 0. The second kappa shape index (κ2) is 4.40. The van der Waals surface area contributed by atoms with Gasteiger partial charge in [-0.25, -0.2) is 9.59 Å². The summed E-state index contributed by atoms with van der Waals surface area (Å²) in [7, 11) is 0. The summed E-state index contributed by atoms with van der Waals surface area (Å²) >= 11 is 0. The second-order valence-corrected chi connectivity index (χ2v) is 5.28. The average Bonchev–Trinajstić information content (AvgIpc) is 3.08. The van der Waals surface area contributed by atoms with Crippen LogP contribution in [0.5, 0.6) is 0 Å². The lowest BCUT2D eigenvalue weighted by atomic mass is 9.85. The van der Waals surface area contributed by atoms with Gasteiger partial charge in [-0.2, -0.15) is 0 Å². The predicted octanol–water partition coefficient (Wildman–Crippen LogP) is 0.524. The summed E-state index contributed by atoms with van der Waals surface area (Å²) in [5.74, 6) is -1.44. The number of ether oxygens (including phenoxy) is 2. The molecule has 1 saturated heterocycles. The lowest BCUT2D eigenvalue weighted by Gasteiger charge is -2.12. The Hall–Kier alpha value is -2.24. The molecule has 4 atom stereocenters. The number of cyclic esters (lactones) is 4. The Balaban J connectivity index is 0.000000133. The SMILES string of the molecule is CC1=CC(=O)OC1=O.O=C1OC(=O)C2C3C=CC(C3)C12. The summed E-state index contributed by atoms with van der Waals surface area (Å²) in [6.45, 7) is 1.53. The number of carbonyl (C=O) groups is 4. The first-order chi connectivity index (χ1) is 9.47. The Morgan fingerprint density at radius 2 is 1.50 bits per heavy atom. The van der Waals surface area contributed by atoms with Gasteiger partial charge in [0.1, 0.15) is 0 Å². The largest absolute Gasteiger partial charge is 0.393 e. The lowest BCUT2D eigenvalue weighted by Crippen LogP contribution is -2.21. The lowest BCUT2D eigenvalue weighted by molar-refractivity contribution is -0.155. The molecule has 2 fully saturated rings. The zero-order chi connectivity index (χ0) is 14.4. The zero-order valence-corrected chi connectivity index (χ0v) is 10.7. The van der Waals surface area contributed by atoms with Gasteiger partial charge in [0, 0.05) is 11.6 Å². The Labute approximate surface area is 114 Å². The van der Waals surface area contributed by atoms with E-state index < -0.39 is 11.9 Å². The molecule has 0 aromatic carbocycles. The van der Waals surface area contributed by atoms with Gasteiger partial charge < -0.3 is 9.47 Å². The minimum Gasteiger partial charge on any atom is -0.393 e. The van der Waals surface area contributed by atoms with E-state index in [9.17, 15) is 19.2 Å². The minimum absolute atomic E-state index is 0.146. The standard InChI is InChI=1S/C9H8O3.C5H4O3/c10-8-6-4-1-2-5(3-4)7(6)9(11)12-8;1-3-2-4(6)8-5(3)7/h1-2,4-7H,3H2;2H,1H3. The fourth-order valence-electron chi connectivity index (χ4n) is 3.14. The van der Waals surface area contributed by atoms with E-state index in [0.717, 1.165) is 6.42 Å². The van der Waals surface area contributed by atoms with E-state index in [2.05, 4.69) is 9.47 Å².